The van der Waals surface area contributed by atoms with Crippen LogP contribution in [-0.2, 0) is 17.1 Å². The van der Waals surface area contributed by atoms with Gasteiger partial charge in [-0.1, -0.05) is 13.8 Å². The molecule has 2 N–H and O–H groups in total. The molecule has 0 saturated heterocycles. The number of aliphatic hydroxyl groups is 2. The van der Waals surface area contributed by atoms with Crippen molar-refractivity contribution in [3.05, 3.63) is 0 Å². The molecule has 0 aliphatic carbocycles. The summed E-state index contributed by atoms with van der Waals surface area (Å²) >= 11 is 0. The first-order chi connectivity index (χ1) is 4.54. The van der Waals surface area contributed by atoms with E-state index in [2.05, 4.69) is 0 Å². The van der Waals surface area contributed by atoms with Crippen LogP contribution in [0.2, 0.25) is 0 Å². The van der Waals surface area contributed by atoms with E-state index in [1.54, 1.807) is 13.8 Å². The Kier molecular flexibility index (Phi) is 20.8. The predicted octanol–water partition coefficient (Wildman–Crippen LogP) is 1.55. The number of rotatable bonds is 2. The van der Waals surface area contributed by atoms with Crippen LogP contribution in [0.4, 0.5) is 0 Å². The summed E-state index contributed by atoms with van der Waals surface area (Å²) in [6.07, 6.45) is 1.49. The smallest absolute Gasteiger partial charge is 0.0509 e. The molecule has 1 radical (unpaired) electrons. The van der Waals surface area contributed by atoms with E-state index in [4.69, 9.17) is 10.2 Å². The van der Waals surface area contributed by atoms with Crippen LogP contribution in [0.25, 0.3) is 0 Å². The van der Waals surface area contributed by atoms with Crippen LogP contribution < -0.4 is 0 Å². The second kappa shape index (κ2) is 13.1. The molecule has 0 aliphatic heterocycles. The van der Waals surface area contributed by atoms with Gasteiger partial charge < -0.3 is 10.2 Å². The van der Waals surface area contributed by atoms with E-state index in [9.17, 15) is 0 Å². The van der Waals surface area contributed by atoms with Gasteiger partial charge in [-0.3, -0.25) is 0 Å². The topological polar surface area (TPSA) is 40.5 Å². The van der Waals surface area contributed by atoms with Crippen molar-refractivity contribution in [2.24, 2.45) is 0 Å². The molecule has 0 aliphatic rings. The van der Waals surface area contributed by atoms with Gasteiger partial charge >= 0.3 is 0 Å². The monoisotopic (exact) mass is 211 g/mol. The molecule has 0 aromatic heterocycles. The van der Waals surface area contributed by atoms with Crippen molar-refractivity contribution in [1.82, 2.24) is 0 Å². The fourth-order valence-corrected chi connectivity index (χ4v) is 0. The predicted molar refractivity (Wildman–Crippen MR) is 43.9 cm³/mol. The third kappa shape index (κ3) is 37.7. The molecular formula is C8H20CuO2. The van der Waals surface area contributed by atoms with Crippen molar-refractivity contribution in [2.75, 3.05) is 0 Å². The minimum Gasteiger partial charge on any atom is -0.393 e. The Bertz CT molecular complexity index is 48.1. The fourth-order valence-electron chi connectivity index (χ4n) is 0. The molecule has 0 heterocycles. The van der Waals surface area contributed by atoms with Crippen molar-refractivity contribution < 1.29 is 27.3 Å². The summed E-state index contributed by atoms with van der Waals surface area (Å²) in [6, 6.07) is 0. The SMILES string of the molecule is CCC(C)O.CCC(C)O.[Cu]. The van der Waals surface area contributed by atoms with Gasteiger partial charge in [-0.25, -0.2) is 0 Å². The van der Waals surface area contributed by atoms with Crippen LogP contribution in [0.15, 0.2) is 0 Å². The van der Waals surface area contributed by atoms with Gasteiger partial charge in [0.25, 0.3) is 0 Å². The van der Waals surface area contributed by atoms with Crippen LogP contribution >= 0.6 is 0 Å². The van der Waals surface area contributed by atoms with Gasteiger partial charge in [0.05, 0.1) is 12.2 Å². The molecule has 3 heteroatoms. The first-order valence-electron chi connectivity index (χ1n) is 3.90. The summed E-state index contributed by atoms with van der Waals surface area (Å²) in [5, 5.41) is 16.7. The maximum Gasteiger partial charge on any atom is 0.0509 e. The normalized spacial score (nSPS) is 13.6. The first kappa shape index (κ1) is 17.5. The molecule has 0 aromatic rings. The summed E-state index contributed by atoms with van der Waals surface area (Å²) in [5.41, 5.74) is 0. The summed E-state index contributed by atoms with van der Waals surface area (Å²) in [5.74, 6) is 0. The number of hydrogen-bond acceptors (Lipinski definition) is 2. The second-order valence-corrected chi connectivity index (χ2v) is 2.51. The molecule has 0 rings (SSSR count). The van der Waals surface area contributed by atoms with Crippen molar-refractivity contribution in [3.63, 3.8) is 0 Å². The molecule has 2 unspecified atom stereocenters. The first-order valence-corrected chi connectivity index (χ1v) is 3.90. The minimum absolute atomic E-state index is 0. The van der Waals surface area contributed by atoms with Crippen LogP contribution in [0.3, 0.4) is 0 Å². The maximum absolute atomic E-state index is 8.36. The van der Waals surface area contributed by atoms with Gasteiger partial charge in [-0.15, -0.1) is 0 Å². The zero-order valence-corrected chi connectivity index (χ0v) is 8.71. The van der Waals surface area contributed by atoms with Crippen molar-refractivity contribution in [1.29, 1.82) is 0 Å². The molecule has 0 saturated carbocycles. The Hall–Kier alpha value is 0.439. The van der Waals surface area contributed by atoms with Gasteiger partial charge in [0, 0.05) is 17.1 Å². The summed E-state index contributed by atoms with van der Waals surface area (Å²) in [4.78, 5) is 0. The minimum atomic E-state index is -0.116. The zero-order valence-electron chi connectivity index (χ0n) is 7.76. The maximum atomic E-state index is 8.36. The van der Waals surface area contributed by atoms with Crippen LogP contribution in [0.5, 0.6) is 0 Å². The standard InChI is InChI=1S/2C4H10O.Cu/c2*1-3-4(2)5;/h2*4-5H,3H2,1-2H3;. The molecule has 0 fully saturated rings. The van der Waals surface area contributed by atoms with Crippen LogP contribution in [0.1, 0.15) is 40.5 Å². The van der Waals surface area contributed by atoms with Gasteiger partial charge in [0.2, 0.25) is 0 Å². The van der Waals surface area contributed by atoms with Crippen molar-refractivity contribution in [3.8, 4) is 0 Å². The van der Waals surface area contributed by atoms with Crippen molar-refractivity contribution in [2.45, 2.75) is 52.7 Å². The molecule has 0 spiro atoms. The summed E-state index contributed by atoms with van der Waals surface area (Å²) in [6.45, 7) is 7.45. The largest absolute Gasteiger partial charge is 0.393 e. The van der Waals surface area contributed by atoms with E-state index in [0.717, 1.165) is 12.8 Å². The second-order valence-electron chi connectivity index (χ2n) is 2.51. The molecule has 11 heavy (non-hydrogen) atoms. The zero-order chi connectivity index (χ0) is 8.57. The Labute approximate surface area is 80.5 Å². The average Bonchev–Trinajstić information content (AvgIpc) is 1.89. The molecule has 75 valence electrons. The van der Waals surface area contributed by atoms with Gasteiger partial charge in [-0.2, -0.15) is 0 Å². The van der Waals surface area contributed by atoms with Crippen molar-refractivity contribution >= 4 is 0 Å². The molecular weight excluding hydrogens is 192 g/mol. The Balaban J connectivity index is -0.000000107. The van der Waals surface area contributed by atoms with Gasteiger partial charge in [0.1, 0.15) is 0 Å². The molecule has 2 nitrogen and oxygen atoms in total. The Morgan fingerprint density at radius 3 is 1.00 bits per heavy atom. The van der Waals surface area contributed by atoms with Crippen LogP contribution in [0, 0.1) is 0 Å². The Morgan fingerprint density at radius 1 is 0.909 bits per heavy atom. The van der Waals surface area contributed by atoms with E-state index in [1.165, 1.54) is 0 Å². The third-order valence-corrected chi connectivity index (χ3v) is 1.18. The summed E-state index contributed by atoms with van der Waals surface area (Å²) in [7, 11) is 0. The third-order valence-electron chi connectivity index (χ3n) is 1.18. The van der Waals surface area contributed by atoms with Gasteiger partial charge in [-0.05, 0) is 26.7 Å². The fraction of sp³-hybridized carbons (Fsp3) is 1.00. The summed E-state index contributed by atoms with van der Waals surface area (Å²) < 4.78 is 0. The average molecular weight is 212 g/mol. The van der Waals surface area contributed by atoms with E-state index < -0.39 is 0 Å². The van der Waals surface area contributed by atoms with E-state index in [0.29, 0.717) is 0 Å². The number of aliphatic hydroxyl groups excluding tert-OH is 2. The number of hydrogen-bond donors (Lipinski definition) is 2. The molecule has 2 atom stereocenters. The quantitative estimate of drug-likeness (QED) is 0.681. The Morgan fingerprint density at radius 2 is 1.00 bits per heavy atom. The van der Waals surface area contributed by atoms with Crippen LogP contribution in [-0.4, -0.2) is 22.4 Å². The van der Waals surface area contributed by atoms with E-state index in [-0.39, 0.29) is 29.3 Å². The molecule has 0 amide bonds. The molecule has 0 aromatic carbocycles. The van der Waals surface area contributed by atoms with E-state index >= 15 is 0 Å². The van der Waals surface area contributed by atoms with E-state index in [1.807, 2.05) is 13.8 Å². The van der Waals surface area contributed by atoms with Gasteiger partial charge in [0.15, 0.2) is 0 Å². The molecule has 0 bridgehead atoms.